The van der Waals surface area contributed by atoms with Gasteiger partial charge in [0.25, 0.3) is 0 Å². The highest BCUT2D eigenvalue weighted by molar-refractivity contribution is 5.92. The Morgan fingerprint density at radius 2 is 2.54 bits per heavy atom. The van der Waals surface area contributed by atoms with E-state index in [9.17, 15) is 4.79 Å². The molecule has 0 radical (unpaired) electrons. The average molecular weight is 182 g/mol. The first-order valence-corrected chi connectivity index (χ1v) is 3.51. The number of aliphatic imine (C=N–C) groups is 1. The monoisotopic (exact) mass is 182 g/mol. The van der Waals surface area contributed by atoms with Gasteiger partial charge in [-0.2, -0.15) is 5.26 Å². The predicted octanol–water partition coefficient (Wildman–Crippen LogP) is -0.551. The third-order valence-corrected chi connectivity index (χ3v) is 0.969. The molecule has 0 unspecified atom stereocenters. The molecule has 0 aromatic carbocycles. The Balaban J connectivity index is 4.34. The number of nitrogens with zero attached hydrogens (tertiary/aromatic N) is 2. The summed E-state index contributed by atoms with van der Waals surface area (Å²) in [6, 6.07) is 1.65. The van der Waals surface area contributed by atoms with Crippen molar-refractivity contribution in [3.05, 3.63) is 11.8 Å². The number of hydrazine groups is 1. The molecule has 0 aliphatic carbocycles. The predicted molar refractivity (Wildman–Crippen MR) is 46.1 cm³/mol. The molecular weight excluding hydrogens is 172 g/mol. The van der Waals surface area contributed by atoms with Crippen LogP contribution in [0, 0.1) is 11.3 Å². The molecule has 0 aliphatic heterocycles. The van der Waals surface area contributed by atoms with E-state index in [1.807, 2.05) is 0 Å². The SMILES string of the molecule is CCOC(=O)C(C#N)=CN=CNN. The van der Waals surface area contributed by atoms with Crippen molar-refractivity contribution in [1.29, 1.82) is 5.26 Å². The smallest absolute Gasteiger partial charge is 0.350 e. The maximum atomic E-state index is 10.9. The van der Waals surface area contributed by atoms with Crippen LogP contribution in [0.1, 0.15) is 6.92 Å². The minimum absolute atomic E-state index is 0.173. The Kier molecular flexibility index (Phi) is 5.84. The van der Waals surface area contributed by atoms with Crippen LogP contribution in [-0.4, -0.2) is 18.9 Å². The van der Waals surface area contributed by atoms with Gasteiger partial charge in [0.15, 0.2) is 5.57 Å². The summed E-state index contributed by atoms with van der Waals surface area (Å²) in [4.78, 5) is 14.4. The van der Waals surface area contributed by atoms with Crippen LogP contribution < -0.4 is 11.3 Å². The van der Waals surface area contributed by atoms with Crippen LogP contribution in [0.4, 0.5) is 0 Å². The van der Waals surface area contributed by atoms with Gasteiger partial charge in [0.2, 0.25) is 0 Å². The molecule has 0 rings (SSSR count). The molecular formula is C7H10N4O2. The topological polar surface area (TPSA) is 100 Å². The summed E-state index contributed by atoms with van der Waals surface area (Å²) in [7, 11) is 0. The molecule has 6 nitrogen and oxygen atoms in total. The van der Waals surface area contributed by atoms with Crippen molar-refractivity contribution < 1.29 is 9.53 Å². The van der Waals surface area contributed by atoms with E-state index >= 15 is 0 Å². The maximum Gasteiger partial charge on any atom is 0.350 e. The lowest BCUT2D eigenvalue weighted by Crippen LogP contribution is -2.18. The maximum absolute atomic E-state index is 10.9. The van der Waals surface area contributed by atoms with Gasteiger partial charge < -0.3 is 10.2 Å². The quantitative estimate of drug-likeness (QED) is 0.115. The van der Waals surface area contributed by atoms with Gasteiger partial charge in [-0.05, 0) is 6.92 Å². The fraction of sp³-hybridized carbons (Fsp3) is 0.286. The summed E-state index contributed by atoms with van der Waals surface area (Å²) >= 11 is 0. The molecule has 70 valence electrons. The molecule has 0 aliphatic rings. The van der Waals surface area contributed by atoms with Crippen LogP contribution in [-0.2, 0) is 9.53 Å². The Hall–Kier alpha value is -1.87. The highest BCUT2D eigenvalue weighted by Crippen LogP contribution is 1.96. The minimum atomic E-state index is -0.695. The van der Waals surface area contributed by atoms with Crippen LogP contribution in [0.2, 0.25) is 0 Å². The summed E-state index contributed by atoms with van der Waals surface area (Å²) in [6.07, 6.45) is 2.20. The van der Waals surface area contributed by atoms with Crippen molar-refractivity contribution in [2.75, 3.05) is 6.61 Å². The van der Waals surface area contributed by atoms with Gasteiger partial charge in [-0.25, -0.2) is 15.6 Å². The number of carbonyl (C=O) groups is 1. The summed E-state index contributed by atoms with van der Waals surface area (Å²) in [5.41, 5.74) is 1.95. The standard InChI is InChI=1S/C7H10N4O2/c1-2-13-7(12)6(3-8)4-10-5-11-9/h4-5H,2,9H2,1H3,(H,10,11). The van der Waals surface area contributed by atoms with Gasteiger partial charge in [-0.1, -0.05) is 0 Å². The number of esters is 1. The van der Waals surface area contributed by atoms with Crippen molar-refractivity contribution in [3.63, 3.8) is 0 Å². The molecule has 0 heterocycles. The van der Waals surface area contributed by atoms with Crippen LogP contribution in [0.5, 0.6) is 0 Å². The Morgan fingerprint density at radius 1 is 1.85 bits per heavy atom. The van der Waals surface area contributed by atoms with Crippen molar-refractivity contribution >= 4 is 12.3 Å². The lowest BCUT2D eigenvalue weighted by molar-refractivity contribution is -0.138. The van der Waals surface area contributed by atoms with Gasteiger partial charge in [-0.15, -0.1) is 0 Å². The molecule has 0 atom stereocenters. The van der Waals surface area contributed by atoms with E-state index in [2.05, 4.69) is 15.2 Å². The summed E-state index contributed by atoms with van der Waals surface area (Å²) in [6.45, 7) is 1.87. The largest absolute Gasteiger partial charge is 0.462 e. The average Bonchev–Trinajstić information content (AvgIpc) is 2.13. The molecule has 0 saturated heterocycles. The van der Waals surface area contributed by atoms with Crippen molar-refractivity contribution in [3.8, 4) is 6.07 Å². The Morgan fingerprint density at radius 3 is 3.00 bits per heavy atom. The molecule has 0 saturated carbocycles. The number of nitriles is 1. The fourth-order valence-corrected chi connectivity index (χ4v) is 0.491. The lowest BCUT2D eigenvalue weighted by atomic mass is 10.3. The zero-order chi connectivity index (χ0) is 10.1. The summed E-state index contributed by atoms with van der Waals surface area (Å²) in [5, 5.41) is 8.48. The van der Waals surface area contributed by atoms with Crippen LogP contribution in [0.25, 0.3) is 0 Å². The molecule has 0 bridgehead atoms. The van der Waals surface area contributed by atoms with E-state index in [0.717, 1.165) is 12.5 Å². The molecule has 0 aromatic heterocycles. The van der Waals surface area contributed by atoms with Gasteiger partial charge >= 0.3 is 5.97 Å². The Bertz CT molecular complexity index is 264. The molecule has 3 N–H and O–H groups in total. The van der Waals surface area contributed by atoms with Crippen LogP contribution >= 0.6 is 0 Å². The van der Waals surface area contributed by atoms with E-state index in [0.29, 0.717) is 0 Å². The van der Waals surface area contributed by atoms with Crippen LogP contribution in [0.15, 0.2) is 16.8 Å². The molecule has 6 heteroatoms. The third kappa shape index (κ3) is 4.55. The second kappa shape index (κ2) is 6.82. The van der Waals surface area contributed by atoms with Gasteiger partial charge in [0.1, 0.15) is 12.4 Å². The van der Waals surface area contributed by atoms with Crippen molar-refractivity contribution in [2.45, 2.75) is 6.92 Å². The van der Waals surface area contributed by atoms with Crippen LogP contribution in [0.3, 0.4) is 0 Å². The first kappa shape index (κ1) is 11.1. The van der Waals surface area contributed by atoms with E-state index in [-0.39, 0.29) is 12.2 Å². The van der Waals surface area contributed by atoms with Crippen molar-refractivity contribution in [2.24, 2.45) is 10.8 Å². The zero-order valence-electron chi connectivity index (χ0n) is 7.15. The summed E-state index contributed by atoms with van der Waals surface area (Å²) < 4.78 is 4.57. The van der Waals surface area contributed by atoms with E-state index in [4.69, 9.17) is 11.1 Å². The number of rotatable bonds is 4. The third-order valence-electron chi connectivity index (χ3n) is 0.969. The second-order valence-electron chi connectivity index (χ2n) is 1.82. The second-order valence-corrected chi connectivity index (χ2v) is 1.82. The summed E-state index contributed by atoms with van der Waals surface area (Å²) in [5.74, 6) is 4.17. The first-order chi connectivity index (χ1) is 6.26. The fourth-order valence-electron chi connectivity index (χ4n) is 0.491. The van der Waals surface area contributed by atoms with E-state index in [1.54, 1.807) is 13.0 Å². The normalized spacial score (nSPS) is 11.0. The van der Waals surface area contributed by atoms with Gasteiger partial charge in [-0.3, -0.25) is 0 Å². The molecule has 13 heavy (non-hydrogen) atoms. The zero-order valence-corrected chi connectivity index (χ0v) is 7.15. The number of hydrogen-bond acceptors (Lipinski definition) is 5. The highest BCUT2D eigenvalue weighted by atomic mass is 16.5. The van der Waals surface area contributed by atoms with Crippen molar-refractivity contribution in [1.82, 2.24) is 5.43 Å². The van der Waals surface area contributed by atoms with E-state index < -0.39 is 5.97 Å². The lowest BCUT2D eigenvalue weighted by Gasteiger charge is -1.96. The van der Waals surface area contributed by atoms with Gasteiger partial charge in [0.05, 0.1) is 12.8 Å². The highest BCUT2D eigenvalue weighted by Gasteiger charge is 2.07. The molecule has 0 fully saturated rings. The number of carbonyl (C=O) groups excluding carboxylic acids is 1. The Labute approximate surface area is 75.7 Å². The molecule has 0 amide bonds. The molecule has 0 spiro atoms. The molecule has 0 aromatic rings. The number of ether oxygens (including phenoxy) is 1. The number of nitrogens with two attached hydrogens (primary N) is 1. The van der Waals surface area contributed by atoms with E-state index in [1.165, 1.54) is 0 Å². The number of nitrogens with one attached hydrogen (secondary N) is 1. The minimum Gasteiger partial charge on any atom is -0.462 e. The first-order valence-electron chi connectivity index (χ1n) is 3.51. The number of hydrogen-bond donors (Lipinski definition) is 2. The van der Waals surface area contributed by atoms with Gasteiger partial charge in [0, 0.05) is 0 Å².